The van der Waals surface area contributed by atoms with Crippen LogP contribution in [0.25, 0.3) is 0 Å². The molecule has 2 N–H and O–H groups in total. The Balaban J connectivity index is 2.10. The first-order valence-electron chi connectivity index (χ1n) is 8.18. The van der Waals surface area contributed by atoms with Gasteiger partial charge in [0.25, 0.3) is 11.8 Å². The summed E-state index contributed by atoms with van der Waals surface area (Å²) in [5.74, 6) is -3.26. The number of nitrogens with zero attached hydrogens (tertiary/aromatic N) is 3. The van der Waals surface area contributed by atoms with Crippen molar-refractivity contribution >= 4 is 29.2 Å². The van der Waals surface area contributed by atoms with Crippen LogP contribution in [-0.4, -0.2) is 65.5 Å². The van der Waals surface area contributed by atoms with E-state index in [0.29, 0.717) is 25.7 Å². The van der Waals surface area contributed by atoms with E-state index < -0.39 is 17.5 Å². The topological polar surface area (TPSA) is 81.3 Å². The molecule has 0 aliphatic carbocycles. The van der Waals surface area contributed by atoms with Crippen LogP contribution in [0.4, 0.5) is 14.6 Å². The van der Waals surface area contributed by atoms with Gasteiger partial charge in [-0.1, -0.05) is 11.6 Å². The Morgan fingerprint density at radius 1 is 1.19 bits per heavy atom. The minimum atomic E-state index is -1.19. The monoisotopic (exact) mass is 399 g/mol. The van der Waals surface area contributed by atoms with E-state index in [9.17, 15) is 18.4 Å². The molecule has 2 rings (SSSR count). The van der Waals surface area contributed by atoms with E-state index >= 15 is 0 Å². The maximum Gasteiger partial charge on any atom is 0.274 e. The van der Waals surface area contributed by atoms with E-state index in [-0.39, 0.29) is 28.0 Å². The van der Waals surface area contributed by atoms with Crippen LogP contribution in [0.15, 0.2) is 18.2 Å². The first kappa shape index (κ1) is 20.8. The summed E-state index contributed by atoms with van der Waals surface area (Å²) < 4.78 is 26.4. The normalized spacial score (nSPS) is 10.9. The number of likely N-dealkylation sites (N-methyl/N-ethyl adjacent to an activating group) is 2. The molecule has 0 radical (unpaired) electrons. The van der Waals surface area contributed by atoms with Gasteiger partial charge in [0.2, 0.25) is 0 Å². The largest absolute Gasteiger partial charge is 0.336 e. The summed E-state index contributed by atoms with van der Waals surface area (Å²) in [6, 6.07) is 2.79. The first-order chi connectivity index (χ1) is 12.7. The summed E-state index contributed by atoms with van der Waals surface area (Å²) in [5.41, 5.74) is -0.110. The van der Waals surface area contributed by atoms with Gasteiger partial charge in [0.15, 0.2) is 17.3 Å². The highest BCUT2D eigenvalue weighted by molar-refractivity contribution is 6.34. The number of amides is 2. The number of halogens is 3. The fourth-order valence-electron chi connectivity index (χ4n) is 2.27. The summed E-state index contributed by atoms with van der Waals surface area (Å²) in [7, 11) is 3.81. The zero-order valence-electron chi connectivity index (χ0n) is 15.1. The third-order valence-corrected chi connectivity index (χ3v) is 4.10. The van der Waals surface area contributed by atoms with E-state index in [4.69, 9.17) is 11.6 Å². The molecule has 146 valence electrons. The van der Waals surface area contributed by atoms with Crippen molar-refractivity contribution in [2.45, 2.75) is 6.92 Å². The lowest BCUT2D eigenvalue weighted by atomic mass is 10.2. The third-order valence-electron chi connectivity index (χ3n) is 3.79. The summed E-state index contributed by atoms with van der Waals surface area (Å²) in [5, 5.41) is 8.61. The second-order valence-electron chi connectivity index (χ2n) is 6.06. The molecule has 0 spiro atoms. The number of hydrogen-bond donors (Lipinski definition) is 2. The average Bonchev–Trinajstić information content (AvgIpc) is 3.06. The highest BCUT2D eigenvalue weighted by atomic mass is 35.5. The predicted octanol–water partition coefficient (Wildman–Crippen LogP) is 2.62. The Morgan fingerprint density at radius 3 is 2.48 bits per heavy atom. The Kier molecular flexibility index (Phi) is 6.86. The number of nitrogens with one attached hydrogen (secondary N) is 2. The van der Waals surface area contributed by atoms with Gasteiger partial charge in [-0.05, 0) is 33.2 Å². The molecule has 0 saturated heterocycles. The minimum Gasteiger partial charge on any atom is -0.336 e. The Morgan fingerprint density at radius 2 is 1.85 bits per heavy atom. The van der Waals surface area contributed by atoms with Crippen LogP contribution >= 0.6 is 11.6 Å². The van der Waals surface area contributed by atoms with Crippen molar-refractivity contribution in [2.75, 3.05) is 39.0 Å². The molecule has 10 heteroatoms. The van der Waals surface area contributed by atoms with Crippen LogP contribution in [0.1, 0.15) is 27.8 Å². The van der Waals surface area contributed by atoms with Crippen LogP contribution in [0.2, 0.25) is 5.02 Å². The number of carbonyl (C=O) groups excluding carboxylic acids is 2. The van der Waals surface area contributed by atoms with Crippen molar-refractivity contribution < 1.29 is 18.4 Å². The Labute approximate surface area is 160 Å². The number of anilines is 1. The van der Waals surface area contributed by atoms with E-state index in [1.54, 1.807) is 4.90 Å². The highest BCUT2D eigenvalue weighted by Gasteiger charge is 2.20. The van der Waals surface area contributed by atoms with Gasteiger partial charge in [0, 0.05) is 25.7 Å². The predicted molar refractivity (Wildman–Crippen MR) is 98.0 cm³/mol. The number of benzene rings is 1. The lowest BCUT2D eigenvalue weighted by molar-refractivity contribution is 0.0748. The van der Waals surface area contributed by atoms with Gasteiger partial charge in [-0.2, -0.15) is 5.10 Å². The molecule has 7 nitrogen and oxygen atoms in total. The third kappa shape index (κ3) is 5.24. The molecule has 0 atom stereocenters. The molecule has 0 bridgehead atoms. The van der Waals surface area contributed by atoms with E-state index in [1.165, 1.54) is 6.07 Å². The van der Waals surface area contributed by atoms with Crippen molar-refractivity contribution in [1.82, 2.24) is 20.0 Å². The number of carbonyl (C=O) groups is 2. The molecule has 0 aliphatic rings. The zero-order chi connectivity index (χ0) is 20.1. The summed E-state index contributed by atoms with van der Waals surface area (Å²) in [6.07, 6.45) is 0. The van der Waals surface area contributed by atoms with E-state index in [2.05, 4.69) is 15.5 Å². The maximum absolute atomic E-state index is 13.3. The van der Waals surface area contributed by atoms with Gasteiger partial charge in [-0.25, -0.2) is 8.78 Å². The smallest absolute Gasteiger partial charge is 0.274 e. The highest BCUT2D eigenvalue weighted by Crippen LogP contribution is 2.21. The quantitative estimate of drug-likeness (QED) is 0.701. The van der Waals surface area contributed by atoms with Gasteiger partial charge < -0.3 is 15.1 Å². The van der Waals surface area contributed by atoms with Crippen molar-refractivity contribution in [3.63, 3.8) is 0 Å². The molecular weight excluding hydrogens is 380 g/mol. The van der Waals surface area contributed by atoms with Crippen molar-refractivity contribution in [1.29, 1.82) is 0 Å². The zero-order valence-corrected chi connectivity index (χ0v) is 15.9. The minimum absolute atomic E-state index is 0.127. The Hall–Kier alpha value is -2.52. The molecule has 1 aromatic carbocycles. The molecule has 2 aromatic rings. The number of aromatic nitrogens is 2. The fraction of sp³-hybridized carbons (Fsp3) is 0.353. The lowest BCUT2D eigenvalue weighted by Crippen LogP contribution is -2.36. The van der Waals surface area contributed by atoms with E-state index in [0.717, 1.165) is 6.07 Å². The summed E-state index contributed by atoms with van der Waals surface area (Å²) >= 11 is 5.78. The van der Waals surface area contributed by atoms with Crippen molar-refractivity contribution in [3.8, 4) is 0 Å². The first-order valence-corrected chi connectivity index (χ1v) is 8.56. The number of rotatable bonds is 7. The van der Waals surface area contributed by atoms with Gasteiger partial charge >= 0.3 is 0 Å². The van der Waals surface area contributed by atoms with Crippen LogP contribution < -0.4 is 5.32 Å². The van der Waals surface area contributed by atoms with Crippen LogP contribution in [-0.2, 0) is 0 Å². The van der Waals surface area contributed by atoms with Crippen LogP contribution in [0, 0.1) is 11.6 Å². The number of H-pyrrole nitrogens is 1. The molecule has 0 unspecified atom stereocenters. The van der Waals surface area contributed by atoms with Gasteiger partial charge in [0.1, 0.15) is 5.82 Å². The standard InChI is InChI=1S/C17H20ClF2N5O2/c1-4-25(6-5-24(2)3)17(27)14-9-15(23-22-14)21-16(26)10-7-12(19)13(20)8-11(10)18/h7-9H,4-6H2,1-3H3,(H2,21,22,23,26). The molecule has 27 heavy (non-hydrogen) atoms. The fourth-order valence-corrected chi connectivity index (χ4v) is 2.50. The van der Waals surface area contributed by atoms with Gasteiger partial charge in [-0.15, -0.1) is 0 Å². The van der Waals surface area contributed by atoms with Gasteiger partial charge in [0.05, 0.1) is 10.6 Å². The maximum atomic E-state index is 13.3. The van der Waals surface area contributed by atoms with Crippen LogP contribution in [0.3, 0.4) is 0 Å². The molecule has 0 aliphatic heterocycles. The van der Waals surface area contributed by atoms with Crippen molar-refractivity contribution in [2.24, 2.45) is 0 Å². The molecule has 0 saturated carbocycles. The molecule has 2 amide bonds. The number of hydrogen-bond acceptors (Lipinski definition) is 4. The van der Waals surface area contributed by atoms with Crippen LogP contribution in [0.5, 0.6) is 0 Å². The molecule has 0 fully saturated rings. The summed E-state index contributed by atoms with van der Waals surface area (Å²) in [6.45, 7) is 3.59. The second-order valence-corrected chi connectivity index (χ2v) is 6.46. The SMILES string of the molecule is CCN(CCN(C)C)C(=O)c1cc(NC(=O)c2cc(F)c(F)cc2Cl)[nH]n1. The lowest BCUT2D eigenvalue weighted by Gasteiger charge is -2.21. The molecule has 1 aromatic heterocycles. The van der Waals surface area contributed by atoms with Crippen molar-refractivity contribution in [3.05, 3.63) is 46.1 Å². The molecular formula is C17H20ClF2N5O2. The second kappa shape index (κ2) is 8.92. The average molecular weight is 400 g/mol. The Bertz CT molecular complexity index is 841. The van der Waals surface area contributed by atoms with E-state index in [1.807, 2.05) is 25.9 Å². The summed E-state index contributed by atoms with van der Waals surface area (Å²) in [4.78, 5) is 28.3. The van der Waals surface area contributed by atoms with Gasteiger partial charge in [-0.3, -0.25) is 14.7 Å². The number of aromatic amines is 1. The molecule has 1 heterocycles.